The fourth-order valence-corrected chi connectivity index (χ4v) is 4.21. The average molecular weight is 324 g/mol. The smallest absolute Gasteiger partial charge is 0.151 e. The highest BCUT2D eigenvalue weighted by molar-refractivity contribution is 7.91. The maximum absolute atomic E-state index is 11.3. The molecule has 0 aliphatic carbocycles. The van der Waals surface area contributed by atoms with Gasteiger partial charge in [0.2, 0.25) is 0 Å². The second-order valence-corrected chi connectivity index (χ2v) is 7.61. The zero-order valence-electron chi connectivity index (χ0n) is 10.2. The standard InChI is InChI=1S/C12H15Cl2NO3S/c13-9-5-10(14)7-12(6-9)18-3-2-15-11-1-4-19(16,17)8-11/h5-7,11,15H,1-4,8H2. The van der Waals surface area contributed by atoms with Crippen molar-refractivity contribution in [2.75, 3.05) is 24.7 Å². The fraction of sp³-hybridized carbons (Fsp3) is 0.500. The molecule has 0 amide bonds. The van der Waals surface area contributed by atoms with Gasteiger partial charge in [-0.05, 0) is 24.6 Å². The molecule has 0 radical (unpaired) electrons. The highest BCUT2D eigenvalue weighted by atomic mass is 35.5. The first-order valence-electron chi connectivity index (χ1n) is 5.97. The number of benzene rings is 1. The summed E-state index contributed by atoms with van der Waals surface area (Å²) in [5.74, 6) is 1.10. The molecule has 106 valence electrons. The Bertz CT molecular complexity index is 528. The lowest BCUT2D eigenvalue weighted by molar-refractivity contribution is 0.307. The van der Waals surface area contributed by atoms with E-state index in [-0.39, 0.29) is 17.5 Å². The summed E-state index contributed by atoms with van der Waals surface area (Å²) in [6.45, 7) is 1.03. The Labute approximate surface area is 123 Å². The molecule has 0 bridgehead atoms. The van der Waals surface area contributed by atoms with E-state index in [4.69, 9.17) is 27.9 Å². The van der Waals surface area contributed by atoms with Crippen LogP contribution in [0.2, 0.25) is 10.0 Å². The average Bonchev–Trinajstić information content (AvgIpc) is 2.63. The monoisotopic (exact) mass is 323 g/mol. The summed E-state index contributed by atoms with van der Waals surface area (Å²) in [6, 6.07) is 5.05. The van der Waals surface area contributed by atoms with Crippen molar-refractivity contribution < 1.29 is 13.2 Å². The molecule has 1 fully saturated rings. The van der Waals surface area contributed by atoms with E-state index in [0.717, 1.165) is 0 Å². The van der Waals surface area contributed by atoms with Gasteiger partial charge < -0.3 is 10.1 Å². The molecule has 1 N–H and O–H groups in total. The molecule has 4 nitrogen and oxygen atoms in total. The van der Waals surface area contributed by atoms with Gasteiger partial charge in [-0.3, -0.25) is 0 Å². The first kappa shape index (κ1) is 14.9. The maximum Gasteiger partial charge on any atom is 0.151 e. The van der Waals surface area contributed by atoms with Crippen molar-refractivity contribution in [2.24, 2.45) is 0 Å². The van der Waals surface area contributed by atoms with E-state index in [0.29, 0.717) is 35.4 Å². The van der Waals surface area contributed by atoms with Gasteiger partial charge in [0.25, 0.3) is 0 Å². The van der Waals surface area contributed by atoms with Gasteiger partial charge in [0.05, 0.1) is 11.5 Å². The van der Waals surface area contributed by atoms with E-state index in [9.17, 15) is 8.42 Å². The Kier molecular flexibility index (Phi) is 4.95. The molecule has 7 heteroatoms. The van der Waals surface area contributed by atoms with E-state index in [2.05, 4.69) is 5.32 Å². The third-order valence-corrected chi connectivity index (χ3v) is 5.08. The topological polar surface area (TPSA) is 55.4 Å². The van der Waals surface area contributed by atoms with Crippen LogP contribution in [0, 0.1) is 0 Å². The van der Waals surface area contributed by atoms with Crippen LogP contribution >= 0.6 is 23.2 Å². The van der Waals surface area contributed by atoms with Crippen molar-refractivity contribution in [1.29, 1.82) is 0 Å². The van der Waals surface area contributed by atoms with Crippen molar-refractivity contribution >= 4 is 33.0 Å². The summed E-state index contributed by atoms with van der Waals surface area (Å²) in [5.41, 5.74) is 0. The zero-order valence-corrected chi connectivity index (χ0v) is 12.6. The zero-order chi connectivity index (χ0) is 13.9. The molecule has 1 aliphatic rings. The largest absolute Gasteiger partial charge is 0.492 e. The van der Waals surface area contributed by atoms with Crippen LogP contribution in [0.25, 0.3) is 0 Å². The van der Waals surface area contributed by atoms with Gasteiger partial charge in [-0.15, -0.1) is 0 Å². The lowest BCUT2D eigenvalue weighted by atomic mass is 10.3. The minimum absolute atomic E-state index is 0.0385. The van der Waals surface area contributed by atoms with Gasteiger partial charge >= 0.3 is 0 Å². The molecule has 1 aliphatic heterocycles. The molecule has 1 saturated heterocycles. The van der Waals surface area contributed by atoms with Gasteiger partial charge in [-0.1, -0.05) is 23.2 Å². The maximum atomic E-state index is 11.3. The quantitative estimate of drug-likeness (QED) is 0.843. The predicted molar refractivity (Wildman–Crippen MR) is 77.0 cm³/mol. The number of hydrogen-bond donors (Lipinski definition) is 1. The number of hydrogen-bond acceptors (Lipinski definition) is 4. The van der Waals surface area contributed by atoms with Crippen LogP contribution < -0.4 is 10.1 Å². The number of halogens is 2. The normalized spacial score (nSPS) is 21.5. The van der Waals surface area contributed by atoms with Crippen LogP contribution in [0.5, 0.6) is 5.75 Å². The molecular weight excluding hydrogens is 309 g/mol. The molecule has 1 aromatic carbocycles. The molecule has 1 aromatic rings. The van der Waals surface area contributed by atoms with E-state index >= 15 is 0 Å². The molecular formula is C12H15Cl2NO3S. The van der Waals surface area contributed by atoms with Gasteiger partial charge in [0.1, 0.15) is 12.4 Å². The second kappa shape index (κ2) is 6.31. The Morgan fingerprint density at radius 2 is 1.95 bits per heavy atom. The minimum Gasteiger partial charge on any atom is -0.492 e. The molecule has 1 heterocycles. The van der Waals surface area contributed by atoms with Gasteiger partial charge in [0.15, 0.2) is 9.84 Å². The first-order valence-corrected chi connectivity index (χ1v) is 8.55. The molecule has 2 rings (SSSR count). The van der Waals surface area contributed by atoms with Crippen LogP contribution in [0.15, 0.2) is 18.2 Å². The summed E-state index contributed by atoms with van der Waals surface area (Å²) in [5, 5.41) is 4.22. The highest BCUT2D eigenvalue weighted by Crippen LogP contribution is 2.24. The number of rotatable bonds is 5. The molecule has 1 atom stereocenters. The molecule has 0 saturated carbocycles. The van der Waals surface area contributed by atoms with Crippen LogP contribution in [0.3, 0.4) is 0 Å². The lowest BCUT2D eigenvalue weighted by Crippen LogP contribution is -2.33. The predicted octanol–water partition coefficient (Wildman–Crippen LogP) is 2.15. The van der Waals surface area contributed by atoms with Crippen molar-refractivity contribution in [3.05, 3.63) is 28.2 Å². The lowest BCUT2D eigenvalue weighted by Gasteiger charge is -2.11. The van der Waals surface area contributed by atoms with E-state index < -0.39 is 9.84 Å². The van der Waals surface area contributed by atoms with E-state index in [1.807, 2.05) is 0 Å². The van der Waals surface area contributed by atoms with E-state index in [1.165, 1.54) is 0 Å². The van der Waals surface area contributed by atoms with Crippen LogP contribution in [-0.2, 0) is 9.84 Å². The molecule has 1 unspecified atom stereocenters. The number of sulfone groups is 1. The van der Waals surface area contributed by atoms with Crippen molar-refractivity contribution in [3.63, 3.8) is 0 Å². The summed E-state index contributed by atoms with van der Waals surface area (Å²) < 4.78 is 28.0. The van der Waals surface area contributed by atoms with Gasteiger partial charge in [-0.25, -0.2) is 8.42 Å². The van der Waals surface area contributed by atoms with Crippen molar-refractivity contribution in [1.82, 2.24) is 5.32 Å². The number of ether oxygens (including phenoxy) is 1. The summed E-state index contributed by atoms with van der Waals surface area (Å²) in [7, 11) is -2.83. The Morgan fingerprint density at radius 1 is 1.26 bits per heavy atom. The first-order chi connectivity index (χ1) is 8.94. The highest BCUT2D eigenvalue weighted by Gasteiger charge is 2.26. The summed E-state index contributed by atoms with van der Waals surface area (Å²) in [4.78, 5) is 0. The third-order valence-electron chi connectivity index (χ3n) is 2.87. The SMILES string of the molecule is O=S1(=O)CCC(NCCOc2cc(Cl)cc(Cl)c2)C1. The third kappa shape index (κ3) is 4.84. The molecule has 19 heavy (non-hydrogen) atoms. The number of nitrogens with one attached hydrogen (secondary N) is 1. The fourth-order valence-electron chi connectivity index (χ4n) is 2.00. The molecule has 0 spiro atoms. The van der Waals surface area contributed by atoms with Crippen molar-refractivity contribution in [2.45, 2.75) is 12.5 Å². The van der Waals surface area contributed by atoms with Gasteiger partial charge in [0, 0.05) is 22.6 Å². The van der Waals surface area contributed by atoms with Crippen LogP contribution in [0.1, 0.15) is 6.42 Å². The van der Waals surface area contributed by atoms with Crippen LogP contribution in [0.4, 0.5) is 0 Å². The van der Waals surface area contributed by atoms with Gasteiger partial charge in [-0.2, -0.15) is 0 Å². The van der Waals surface area contributed by atoms with Crippen LogP contribution in [-0.4, -0.2) is 39.1 Å². The minimum atomic E-state index is -2.83. The Balaban J connectivity index is 1.72. The summed E-state index contributed by atoms with van der Waals surface area (Å²) in [6.07, 6.45) is 0.672. The van der Waals surface area contributed by atoms with E-state index in [1.54, 1.807) is 18.2 Å². The Hall–Kier alpha value is -0.490. The summed E-state index contributed by atoms with van der Waals surface area (Å²) >= 11 is 11.7. The second-order valence-electron chi connectivity index (χ2n) is 4.51. The Morgan fingerprint density at radius 3 is 2.53 bits per heavy atom. The van der Waals surface area contributed by atoms with Crippen molar-refractivity contribution in [3.8, 4) is 5.75 Å². The molecule has 0 aromatic heterocycles.